The molecule has 2 aliphatic heterocycles. The van der Waals surface area contributed by atoms with Crippen molar-refractivity contribution in [3.8, 4) is 0 Å². The van der Waals surface area contributed by atoms with Crippen LogP contribution in [0.25, 0.3) is 0 Å². The zero-order chi connectivity index (χ0) is 45.1. The molecule has 3 heterocycles. The summed E-state index contributed by atoms with van der Waals surface area (Å²) < 4.78 is 39.7. The summed E-state index contributed by atoms with van der Waals surface area (Å²) in [5.74, 6) is -9.14. The first-order valence-corrected chi connectivity index (χ1v) is 20.6. The molecule has 26 heteroatoms. The number of ether oxygens (including phenoxy) is 3. The number of nitrogens with one attached hydrogen (secondary N) is 2. The summed E-state index contributed by atoms with van der Waals surface area (Å²) in [5, 5.41) is 80.0. The van der Waals surface area contributed by atoms with Crippen LogP contribution in [0.3, 0.4) is 0 Å². The molecule has 2 saturated heterocycles. The number of ketones is 1. The molecule has 0 bridgehead atoms. The molecule has 11 atom stereocenters. The molecular weight excluding hydrogens is 860 g/mol. The fourth-order valence-corrected chi connectivity index (χ4v) is 7.44. The molecule has 24 nitrogen and oxygen atoms in total. The van der Waals surface area contributed by atoms with Crippen molar-refractivity contribution in [1.29, 1.82) is 0 Å². The second kappa shape index (κ2) is 24.1. The van der Waals surface area contributed by atoms with E-state index in [1.54, 1.807) is 12.1 Å². The van der Waals surface area contributed by atoms with E-state index in [9.17, 15) is 69.2 Å². The predicted molar refractivity (Wildman–Crippen MR) is 202 cm³/mol. The fraction of sp³-hybridized carbons (Fsp3) is 0.611. The van der Waals surface area contributed by atoms with Crippen molar-refractivity contribution < 1.29 is 117 Å². The molecule has 0 saturated carbocycles. The number of anilines is 1. The first-order chi connectivity index (χ1) is 28.8. The largest absolute Gasteiger partial charge is 1.00 e. The molecule has 0 radical (unpaired) electrons. The topological polar surface area (TPSA) is 381 Å². The Kier molecular flexibility index (Phi) is 20.7. The average Bonchev–Trinajstić information content (AvgIpc) is 3.50. The van der Waals surface area contributed by atoms with E-state index in [2.05, 4.69) is 15.6 Å². The number of rotatable bonds is 23. The molecule has 2 aliphatic rings. The Morgan fingerprint density at radius 2 is 1.79 bits per heavy atom. The zero-order valence-electron chi connectivity index (χ0n) is 33.9. The first-order valence-electron chi connectivity index (χ1n) is 19.1. The monoisotopic (exact) mass is 911 g/mol. The van der Waals surface area contributed by atoms with E-state index < -0.39 is 124 Å². The molecule has 1 aromatic heterocycles. The number of carbonyl (C=O) groups is 4. The van der Waals surface area contributed by atoms with Crippen LogP contribution in [-0.2, 0) is 48.6 Å². The summed E-state index contributed by atoms with van der Waals surface area (Å²) in [6.45, 7) is -0.310. The summed E-state index contributed by atoms with van der Waals surface area (Å²) in [6.07, 6.45) is -15.0. The van der Waals surface area contributed by atoms with Crippen LogP contribution >= 0.6 is 7.82 Å². The number of aliphatic carboxylic acids is 1. The number of nitrogens with two attached hydrogens (primary N) is 1. The fourth-order valence-electron chi connectivity index (χ4n) is 6.48. The molecule has 0 spiro atoms. The third kappa shape index (κ3) is 14.4. The maximum absolute atomic E-state index is 13.1. The number of Topliss-reactive ketones (excluding diaryl/α,β-unsaturated/α-hetero) is 1. The summed E-state index contributed by atoms with van der Waals surface area (Å²) in [5.41, 5.74) is 6.10. The van der Waals surface area contributed by atoms with E-state index in [4.69, 9.17) is 29.0 Å². The molecular formula is C36H51N5NaO19P. The van der Waals surface area contributed by atoms with Crippen molar-refractivity contribution in [3.63, 3.8) is 0 Å². The molecule has 2 amide bonds. The number of amides is 2. The third-order valence-corrected chi connectivity index (χ3v) is 10.9. The van der Waals surface area contributed by atoms with Crippen molar-refractivity contribution >= 4 is 37.2 Å². The molecule has 62 heavy (non-hydrogen) atoms. The van der Waals surface area contributed by atoms with Crippen LogP contribution in [-0.4, -0.2) is 157 Å². The Hall–Kier alpha value is -3.27. The predicted octanol–water partition coefficient (Wildman–Crippen LogP) is -7.63. The minimum atomic E-state index is -5.67. The molecule has 2 aromatic rings. The van der Waals surface area contributed by atoms with Gasteiger partial charge in [0.2, 0.25) is 11.7 Å². The van der Waals surface area contributed by atoms with Crippen LogP contribution < -0.4 is 56.7 Å². The van der Waals surface area contributed by atoms with Crippen LogP contribution in [0.1, 0.15) is 54.8 Å². The number of nitrogens with zero attached hydrogens (tertiary/aromatic N) is 2. The Morgan fingerprint density at radius 1 is 1.10 bits per heavy atom. The molecule has 11 N–H and O–H groups in total. The van der Waals surface area contributed by atoms with Gasteiger partial charge in [-0.3, -0.25) is 23.5 Å². The van der Waals surface area contributed by atoms with Crippen molar-refractivity contribution in [1.82, 2.24) is 20.2 Å². The van der Waals surface area contributed by atoms with Crippen LogP contribution in [0, 0.1) is 5.92 Å². The smallest absolute Gasteiger partial charge is 0.544 e. The van der Waals surface area contributed by atoms with Crippen molar-refractivity contribution in [2.45, 2.75) is 93.8 Å². The Morgan fingerprint density at radius 3 is 2.42 bits per heavy atom. The van der Waals surface area contributed by atoms with Crippen LogP contribution in [0.5, 0.6) is 0 Å². The second-order valence-electron chi connectivity index (χ2n) is 14.3. The quantitative estimate of drug-likeness (QED) is 0.0281. The van der Waals surface area contributed by atoms with Gasteiger partial charge >= 0.3 is 43.1 Å². The number of nitrogen functional groups attached to an aromatic ring is 1. The number of phosphoric ester groups is 1. The van der Waals surface area contributed by atoms with E-state index in [1.807, 2.05) is 19.1 Å². The van der Waals surface area contributed by atoms with E-state index in [0.29, 0.717) is 18.5 Å². The van der Waals surface area contributed by atoms with Crippen LogP contribution in [0.2, 0.25) is 0 Å². The minimum Gasteiger partial charge on any atom is -0.544 e. The van der Waals surface area contributed by atoms with Gasteiger partial charge in [0.25, 0.3) is 5.91 Å². The van der Waals surface area contributed by atoms with Gasteiger partial charge in [-0.2, -0.15) is 4.98 Å². The number of aliphatic hydroxyl groups is 6. The summed E-state index contributed by atoms with van der Waals surface area (Å²) in [7, 11) is -5.67. The van der Waals surface area contributed by atoms with Gasteiger partial charge in [0.05, 0.1) is 38.6 Å². The molecule has 2 fully saturated rings. The van der Waals surface area contributed by atoms with E-state index in [-0.39, 0.29) is 60.9 Å². The van der Waals surface area contributed by atoms with Crippen molar-refractivity contribution in [2.24, 2.45) is 5.92 Å². The van der Waals surface area contributed by atoms with Gasteiger partial charge in [-0.1, -0.05) is 19.1 Å². The normalized spacial score (nSPS) is 26.7. The van der Waals surface area contributed by atoms with E-state index in [1.165, 1.54) is 6.07 Å². The van der Waals surface area contributed by atoms with Gasteiger partial charge in [-0.05, 0) is 36.6 Å². The molecule has 4 rings (SSSR count). The Labute approximate surface area is 376 Å². The minimum absolute atomic E-state index is 0. The summed E-state index contributed by atoms with van der Waals surface area (Å²) in [6, 6.07) is 8.39. The number of aromatic nitrogens is 2. The van der Waals surface area contributed by atoms with Crippen LogP contribution in [0.4, 0.5) is 5.82 Å². The average molecular weight is 912 g/mol. The number of benzene rings is 1. The molecule has 340 valence electrons. The molecule has 7 unspecified atom stereocenters. The Bertz CT molecular complexity index is 1930. The van der Waals surface area contributed by atoms with Crippen LogP contribution in [0.15, 0.2) is 41.3 Å². The number of phosphoric acid groups is 1. The van der Waals surface area contributed by atoms with Gasteiger partial charge in [0, 0.05) is 50.1 Å². The second-order valence-corrected chi connectivity index (χ2v) is 15.7. The molecule has 1 aromatic carbocycles. The zero-order valence-corrected chi connectivity index (χ0v) is 36.8. The third-order valence-electron chi connectivity index (χ3n) is 9.87. The number of carbonyl (C=O) groups excluding carboxylic acids is 4. The maximum Gasteiger partial charge on any atom is 1.00 e. The summed E-state index contributed by atoms with van der Waals surface area (Å²) >= 11 is 0. The van der Waals surface area contributed by atoms with E-state index in [0.717, 1.165) is 22.7 Å². The maximum atomic E-state index is 13.1. The SMILES string of the molecule is CCc1ccc(C(=O)NCCCOCCC(=O)NCC(=O)CC2C(O)CC(OP(=O)(O)OC[C@H]3O[C@@H](n4ccc(N)nc4=O)C(O)[C@H]3O)(C(=O)[O-])OC2C(O)[C@H](O)CO)cc1.[Na+]. The number of aliphatic hydroxyl groups excluding tert-OH is 6. The number of carboxylic acids is 1. The van der Waals surface area contributed by atoms with E-state index >= 15 is 0 Å². The van der Waals surface area contributed by atoms with Crippen molar-refractivity contribution in [3.05, 3.63) is 58.1 Å². The van der Waals surface area contributed by atoms with Gasteiger partial charge in [-0.15, -0.1) is 0 Å². The van der Waals surface area contributed by atoms with Gasteiger partial charge < -0.3 is 76.0 Å². The number of hydrogen-bond donors (Lipinski definition) is 10. The number of aryl methyl sites for hydroxylation is 1. The summed E-state index contributed by atoms with van der Waals surface area (Å²) in [4.78, 5) is 76.3. The van der Waals surface area contributed by atoms with Gasteiger partial charge in [-0.25, -0.2) is 13.9 Å². The first kappa shape index (κ1) is 53.1. The number of hydrogen-bond acceptors (Lipinski definition) is 20. The number of carboxylic acid groups (broad SMARTS) is 1. The Balaban J connectivity index is 0.0000102. The standard InChI is InChI=1S/C36H52N5O19P.Na/c1-2-19-4-6-20(7-5-19)32(50)38-10-3-12-56-13-9-27(46)39-16-21(43)14-22-23(44)15-36(34(51)52,59-31(22)28(47)24(45)17-42)60-61(54,55)57-18-25-29(48)30(49)33(58-25)41-11-8-26(37)40-35(41)53;/h4-8,11,22-25,28-31,33,42,44-45,47-49H,2-3,9-10,12-18H2,1H3,(H,38,50)(H,39,46)(H,51,52)(H,54,55)(H2,37,40,53);/q;+1/p-1/t22?,23?,24-,25-,28?,29+,30?,31?,33-,36?;/m1./s1. The van der Waals surface area contributed by atoms with Gasteiger partial charge in [0.1, 0.15) is 42.3 Å². The van der Waals surface area contributed by atoms with Crippen molar-refractivity contribution in [2.75, 3.05) is 45.3 Å². The molecule has 0 aliphatic carbocycles. The van der Waals surface area contributed by atoms with Gasteiger partial charge in [0.15, 0.2) is 12.0 Å².